The maximum Gasteiger partial charge on any atom is 0.220 e. The van der Waals surface area contributed by atoms with Gasteiger partial charge in [0.1, 0.15) is 5.75 Å². The number of ether oxygens (including phenoxy) is 2. The summed E-state index contributed by atoms with van der Waals surface area (Å²) in [5.41, 5.74) is 1.17. The number of rotatable bonds is 6. The van der Waals surface area contributed by atoms with Gasteiger partial charge in [-0.15, -0.1) is 0 Å². The van der Waals surface area contributed by atoms with E-state index in [1.165, 1.54) is 18.4 Å². The second-order valence-corrected chi connectivity index (χ2v) is 7.67. The first-order valence-electron chi connectivity index (χ1n) is 9.49. The minimum absolute atomic E-state index is 0.153. The highest BCUT2D eigenvalue weighted by Crippen LogP contribution is 2.37. The molecule has 3 aliphatic rings. The second kappa shape index (κ2) is 7.34. The summed E-state index contributed by atoms with van der Waals surface area (Å²) < 4.78 is 11.2. The molecule has 2 heterocycles. The van der Waals surface area contributed by atoms with Gasteiger partial charge in [0, 0.05) is 31.6 Å². The van der Waals surface area contributed by atoms with Gasteiger partial charge in [-0.25, -0.2) is 0 Å². The molecule has 3 fully saturated rings. The van der Waals surface area contributed by atoms with Crippen molar-refractivity contribution in [1.29, 1.82) is 0 Å². The summed E-state index contributed by atoms with van der Waals surface area (Å²) in [4.78, 5) is 14.8. The molecule has 0 unspecified atom stereocenters. The van der Waals surface area contributed by atoms with Gasteiger partial charge in [0.05, 0.1) is 19.8 Å². The predicted octanol–water partition coefficient (Wildman–Crippen LogP) is 2.00. The van der Waals surface area contributed by atoms with Crippen LogP contribution in [0.5, 0.6) is 5.75 Å². The quantitative estimate of drug-likeness (QED) is 0.858. The van der Waals surface area contributed by atoms with Crippen molar-refractivity contribution in [2.24, 2.45) is 5.92 Å². The van der Waals surface area contributed by atoms with Gasteiger partial charge in [0.25, 0.3) is 0 Å². The maximum absolute atomic E-state index is 12.3. The van der Waals surface area contributed by atoms with Crippen molar-refractivity contribution in [2.45, 2.75) is 50.3 Å². The summed E-state index contributed by atoms with van der Waals surface area (Å²) in [5.74, 6) is 1.79. The van der Waals surface area contributed by atoms with E-state index in [2.05, 4.69) is 10.2 Å². The van der Waals surface area contributed by atoms with Gasteiger partial charge in [-0.05, 0) is 49.3 Å². The fraction of sp³-hybridized carbons (Fsp3) is 0.650. The molecule has 4 rings (SSSR count). The van der Waals surface area contributed by atoms with E-state index in [4.69, 9.17) is 9.47 Å². The Morgan fingerprint density at radius 1 is 1.28 bits per heavy atom. The molecule has 1 aromatic rings. The third-order valence-electron chi connectivity index (χ3n) is 5.76. The molecule has 0 bridgehead atoms. The predicted molar refractivity (Wildman–Crippen MR) is 95.7 cm³/mol. The molecular formula is C20H28N2O3. The number of methoxy groups -OCH3 is 1. The molecule has 1 saturated carbocycles. The van der Waals surface area contributed by atoms with Crippen LogP contribution in [-0.4, -0.2) is 55.8 Å². The lowest BCUT2D eigenvalue weighted by molar-refractivity contribution is -0.121. The molecule has 1 N–H and O–H groups in total. The van der Waals surface area contributed by atoms with E-state index in [0.29, 0.717) is 18.6 Å². The van der Waals surface area contributed by atoms with Crippen LogP contribution in [0.1, 0.15) is 31.2 Å². The summed E-state index contributed by atoms with van der Waals surface area (Å²) in [5, 5.41) is 3.23. The molecule has 1 amide bonds. The van der Waals surface area contributed by atoms with E-state index in [-0.39, 0.29) is 11.9 Å². The minimum Gasteiger partial charge on any atom is -0.497 e. The van der Waals surface area contributed by atoms with Crippen molar-refractivity contribution >= 4 is 5.91 Å². The Morgan fingerprint density at radius 3 is 2.80 bits per heavy atom. The van der Waals surface area contributed by atoms with Crippen LogP contribution in [0.2, 0.25) is 0 Å². The van der Waals surface area contributed by atoms with Gasteiger partial charge >= 0.3 is 0 Å². The Bertz CT molecular complexity index is 599. The Labute approximate surface area is 149 Å². The van der Waals surface area contributed by atoms with Gasteiger partial charge in [0.2, 0.25) is 5.91 Å². The van der Waals surface area contributed by atoms with Crippen LogP contribution in [0.15, 0.2) is 24.3 Å². The average Bonchev–Trinajstić information content (AvgIpc) is 3.40. The van der Waals surface area contributed by atoms with Crippen molar-refractivity contribution in [3.05, 3.63) is 29.8 Å². The molecule has 0 spiro atoms. The number of carbonyl (C=O) groups excluding carboxylic acids is 1. The summed E-state index contributed by atoms with van der Waals surface area (Å²) in [6.45, 7) is 2.86. The van der Waals surface area contributed by atoms with Gasteiger partial charge in [0.15, 0.2) is 0 Å². The number of morpholine rings is 1. The molecule has 5 nitrogen and oxygen atoms in total. The number of nitrogens with zero attached hydrogens (tertiary/aromatic N) is 1. The Kier molecular flexibility index (Phi) is 4.95. The number of aryl methyl sites for hydroxylation is 1. The van der Waals surface area contributed by atoms with Gasteiger partial charge < -0.3 is 14.8 Å². The van der Waals surface area contributed by atoms with E-state index in [1.54, 1.807) is 7.11 Å². The van der Waals surface area contributed by atoms with Crippen molar-refractivity contribution in [3.8, 4) is 5.75 Å². The number of amides is 1. The normalized spacial score (nSPS) is 29.2. The number of carbonyl (C=O) groups is 1. The topological polar surface area (TPSA) is 50.8 Å². The van der Waals surface area contributed by atoms with Crippen molar-refractivity contribution in [2.75, 3.05) is 26.8 Å². The van der Waals surface area contributed by atoms with E-state index in [0.717, 1.165) is 44.2 Å². The molecule has 25 heavy (non-hydrogen) atoms. The number of benzene rings is 1. The fourth-order valence-corrected chi connectivity index (χ4v) is 4.11. The third kappa shape index (κ3) is 4.15. The molecule has 5 heteroatoms. The number of hydrogen-bond acceptors (Lipinski definition) is 4. The van der Waals surface area contributed by atoms with Gasteiger partial charge in [-0.3, -0.25) is 9.69 Å². The fourth-order valence-electron chi connectivity index (χ4n) is 4.11. The molecule has 1 aromatic carbocycles. The first-order chi connectivity index (χ1) is 12.2. The Hall–Kier alpha value is -1.59. The minimum atomic E-state index is 0.153. The van der Waals surface area contributed by atoms with Gasteiger partial charge in [-0.1, -0.05) is 12.1 Å². The van der Waals surface area contributed by atoms with Crippen molar-refractivity contribution < 1.29 is 14.3 Å². The zero-order chi connectivity index (χ0) is 17.2. The lowest BCUT2D eigenvalue weighted by Gasteiger charge is -2.35. The lowest BCUT2D eigenvalue weighted by atomic mass is 10.1. The zero-order valence-electron chi connectivity index (χ0n) is 14.9. The average molecular weight is 344 g/mol. The first kappa shape index (κ1) is 16.9. The number of nitrogens with one attached hydrogen (secondary N) is 1. The first-order valence-corrected chi connectivity index (χ1v) is 9.49. The van der Waals surface area contributed by atoms with E-state index < -0.39 is 0 Å². The maximum atomic E-state index is 12.3. The third-order valence-corrected chi connectivity index (χ3v) is 5.76. The van der Waals surface area contributed by atoms with Crippen LogP contribution in [0, 0.1) is 5.92 Å². The molecule has 1 aliphatic carbocycles. The van der Waals surface area contributed by atoms with Crippen LogP contribution in [-0.2, 0) is 16.0 Å². The van der Waals surface area contributed by atoms with Crippen LogP contribution in [0.3, 0.4) is 0 Å². The van der Waals surface area contributed by atoms with E-state index in [1.807, 2.05) is 24.3 Å². The second-order valence-electron chi connectivity index (χ2n) is 7.67. The van der Waals surface area contributed by atoms with Crippen molar-refractivity contribution in [1.82, 2.24) is 10.2 Å². The molecule has 2 aliphatic heterocycles. The summed E-state index contributed by atoms with van der Waals surface area (Å²) in [7, 11) is 1.66. The SMILES string of the molecule is COc1ccc(CCC(=O)N[C@@H]2C[C@H]3CO[C@@H](C4CC4)CN3C2)cc1. The van der Waals surface area contributed by atoms with E-state index >= 15 is 0 Å². The highest BCUT2D eigenvalue weighted by molar-refractivity contribution is 5.76. The van der Waals surface area contributed by atoms with Crippen LogP contribution >= 0.6 is 0 Å². The highest BCUT2D eigenvalue weighted by Gasteiger charge is 2.42. The molecular weight excluding hydrogens is 316 g/mol. The summed E-state index contributed by atoms with van der Waals surface area (Å²) >= 11 is 0. The molecule has 3 atom stereocenters. The molecule has 2 saturated heterocycles. The summed E-state index contributed by atoms with van der Waals surface area (Å²) in [6.07, 6.45) is 5.41. The molecule has 0 aromatic heterocycles. The van der Waals surface area contributed by atoms with Crippen molar-refractivity contribution in [3.63, 3.8) is 0 Å². The Morgan fingerprint density at radius 2 is 2.08 bits per heavy atom. The van der Waals surface area contributed by atoms with E-state index in [9.17, 15) is 4.79 Å². The van der Waals surface area contributed by atoms with Crippen LogP contribution in [0.25, 0.3) is 0 Å². The van der Waals surface area contributed by atoms with Crippen LogP contribution in [0.4, 0.5) is 0 Å². The standard InChI is InChI=1S/C20H28N2O3/c1-24-18-7-2-14(3-8-18)4-9-20(23)21-16-10-17-13-25-19(15-5-6-15)12-22(17)11-16/h2-3,7-8,15-17,19H,4-6,9-13H2,1H3,(H,21,23)/t16-,17+,19-/m1/s1. The zero-order valence-corrected chi connectivity index (χ0v) is 14.9. The van der Waals surface area contributed by atoms with Crippen LogP contribution < -0.4 is 10.1 Å². The van der Waals surface area contributed by atoms with Gasteiger partial charge in [-0.2, -0.15) is 0 Å². The summed E-state index contributed by atoms with van der Waals surface area (Å²) in [6, 6.07) is 8.70. The molecule has 0 radical (unpaired) electrons. The molecule has 136 valence electrons. The highest BCUT2D eigenvalue weighted by atomic mass is 16.5. The smallest absolute Gasteiger partial charge is 0.220 e. The monoisotopic (exact) mass is 344 g/mol. The largest absolute Gasteiger partial charge is 0.497 e. The number of hydrogen-bond donors (Lipinski definition) is 1. The Balaban J connectivity index is 1.21. The lowest BCUT2D eigenvalue weighted by Crippen LogP contribution is -2.47. The number of fused-ring (bicyclic) bond motifs is 1.